The highest BCUT2D eigenvalue weighted by Crippen LogP contribution is 2.12. The lowest BCUT2D eigenvalue weighted by Gasteiger charge is -2.09. The van der Waals surface area contributed by atoms with E-state index in [2.05, 4.69) is 5.73 Å². The maximum Gasteiger partial charge on any atom is 0.415 e. The van der Waals surface area contributed by atoms with E-state index in [1.165, 1.54) is 12.1 Å². The number of nitro benzene ring substituents is 1. The summed E-state index contributed by atoms with van der Waals surface area (Å²) < 4.78 is 4.73. The number of primary amides is 1. The molecule has 9 nitrogen and oxygen atoms in total. The summed E-state index contributed by atoms with van der Waals surface area (Å²) in [6, 6.07) is 4.76. The monoisotopic (exact) mass is 283 g/mol. The van der Waals surface area contributed by atoms with Gasteiger partial charge in [-0.15, -0.1) is 0 Å². The molecule has 0 heterocycles. The number of hydrogen-bond acceptors (Lipinski definition) is 5. The first-order valence-electron chi connectivity index (χ1n) is 5.68. The molecule has 6 N–H and O–H groups in total. The van der Waals surface area contributed by atoms with E-state index in [1.54, 1.807) is 17.4 Å². The van der Waals surface area contributed by atoms with Crippen LogP contribution in [0.4, 0.5) is 15.3 Å². The molecule has 9 heteroatoms. The predicted octanol–water partition coefficient (Wildman–Crippen LogP) is -0.447. The number of carbonyl (C=O) groups excluding carboxylic acids is 2. The average molecular weight is 283 g/mol. The topological polar surface area (TPSA) is 152 Å². The molecule has 0 bridgehead atoms. The van der Waals surface area contributed by atoms with Gasteiger partial charge in [0.15, 0.2) is 0 Å². The van der Waals surface area contributed by atoms with Crippen molar-refractivity contribution < 1.29 is 25.0 Å². The highest BCUT2D eigenvalue weighted by Gasteiger charge is 2.13. The number of alkyl carbamates (subject to hydrolysis) is 1. The molecule has 0 aliphatic carbocycles. The van der Waals surface area contributed by atoms with Crippen LogP contribution >= 0.6 is 0 Å². The number of nitrogens with zero attached hydrogens (tertiary/aromatic N) is 1. The summed E-state index contributed by atoms with van der Waals surface area (Å²) in [4.78, 5) is 31.4. The van der Waals surface area contributed by atoms with Crippen molar-refractivity contribution in [1.82, 2.24) is 5.32 Å². The summed E-state index contributed by atoms with van der Waals surface area (Å²) >= 11 is 0. The molecule has 108 valence electrons. The third-order valence-corrected chi connectivity index (χ3v) is 2.35. The van der Waals surface area contributed by atoms with Crippen LogP contribution in [0.15, 0.2) is 24.3 Å². The Hall–Kier alpha value is -2.68. The van der Waals surface area contributed by atoms with Crippen molar-refractivity contribution in [3.63, 3.8) is 0 Å². The maximum absolute atomic E-state index is 11.0. The SMILES string of the molecule is NC(=O)NC(=O)OCC([NH3+])Cc1ccc([N+](=O)[O-])cc1. The molecule has 1 rings (SSSR count). The van der Waals surface area contributed by atoms with Gasteiger partial charge in [-0.1, -0.05) is 12.1 Å². The number of nitro groups is 1. The van der Waals surface area contributed by atoms with E-state index in [-0.39, 0.29) is 18.3 Å². The summed E-state index contributed by atoms with van der Waals surface area (Å²) in [5.41, 5.74) is 9.36. The molecule has 3 amide bonds. The fourth-order valence-corrected chi connectivity index (χ4v) is 1.48. The van der Waals surface area contributed by atoms with Crippen LogP contribution in [0.2, 0.25) is 0 Å². The number of carbonyl (C=O) groups is 2. The van der Waals surface area contributed by atoms with Gasteiger partial charge in [0.2, 0.25) is 0 Å². The Morgan fingerprint density at radius 3 is 2.50 bits per heavy atom. The van der Waals surface area contributed by atoms with Crippen molar-refractivity contribution in [2.75, 3.05) is 6.61 Å². The second-order valence-electron chi connectivity index (χ2n) is 4.08. The molecule has 0 spiro atoms. The van der Waals surface area contributed by atoms with Crippen LogP contribution in [0.5, 0.6) is 0 Å². The van der Waals surface area contributed by atoms with Gasteiger partial charge in [-0.3, -0.25) is 10.1 Å². The number of amides is 3. The van der Waals surface area contributed by atoms with Crippen LogP contribution in [0.1, 0.15) is 5.56 Å². The standard InChI is InChI=1S/C11H14N4O5/c12-8(6-20-11(17)14-10(13)16)5-7-1-3-9(4-2-7)15(18)19/h1-4,8H,5-6,12H2,(H3,13,14,16,17)/p+1. The smallest absolute Gasteiger partial charge is 0.415 e. The summed E-state index contributed by atoms with van der Waals surface area (Å²) in [5, 5.41) is 12.2. The number of urea groups is 1. The third-order valence-electron chi connectivity index (χ3n) is 2.35. The van der Waals surface area contributed by atoms with Gasteiger partial charge in [-0.2, -0.15) is 0 Å². The van der Waals surface area contributed by atoms with Gasteiger partial charge in [0.25, 0.3) is 5.69 Å². The van der Waals surface area contributed by atoms with Crippen LogP contribution in [0.3, 0.4) is 0 Å². The Bertz CT molecular complexity index is 502. The summed E-state index contributed by atoms with van der Waals surface area (Å²) in [6.45, 7) is -0.00387. The molecule has 0 aliphatic heterocycles. The lowest BCUT2D eigenvalue weighted by molar-refractivity contribution is -0.424. The lowest BCUT2D eigenvalue weighted by Crippen LogP contribution is -2.64. The Morgan fingerprint density at radius 2 is 2.00 bits per heavy atom. The molecule has 0 radical (unpaired) electrons. The van der Waals surface area contributed by atoms with Crippen molar-refractivity contribution in [3.05, 3.63) is 39.9 Å². The minimum Gasteiger partial charge on any atom is -0.443 e. The predicted molar refractivity (Wildman–Crippen MR) is 67.5 cm³/mol. The van der Waals surface area contributed by atoms with Crippen molar-refractivity contribution in [2.45, 2.75) is 12.5 Å². The van der Waals surface area contributed by atoms with Crippen LogP contribution in [-0.4, -0.2) is 29.7 Å². The number of nitrogens with one attached hydrogen (secondary N) is 1. The minimum atomic E-state index is -0.994. The Kier molecular flexibility index (Phi) is 5.42. The van der Waals surface area contributed by atoms with Crippen molar-refractivity contribution in [1.29, 1.82) is 0 Å². The third kappa shape index (κ3) is 5.31. The fraction of sp³-hybridized carbons (Fsp3) is 0.273. The highest BCUT2D eigenvalue weighted by molar-refractivity contribution is 5.89. The Balaban J connectivity index is 2.42. The van der Waals surface area contributed by atoms with Gasteiger partial charge < -0.3 is 16.2 Å². The number of rotatable bonds is 5. The summed E-state index contributed by atoms with van der Waals surface area (Å²) in [6.07, 6.45) is -0.461. The zero-order valence-corrected chi connectivity index (χ0v) is 10.6. The van der Waals surface area contributed by atoms with Crippen molar-refractivity contribution in [2.24, 2.45) is 5.73 Å². The second kappa shape index (κ2) is 7.04. The average Bonchev–Trinajstić information content (AvgIpc) is 2.36. The van der Waals surface area contributed by atoms with Gasteiger partial charge >= 0.3 is 12.1 Å². The molecule has 0 aliphatic rings. The number of ether oxygens (including phenoxy) is 1. The van der Waals surface area contributed by atoms with Gasteiger partial charge in [-0.25, -0.2) is 14.9 Å². The van der Waals surface area contributed by atoms with E-state index < -0.39 is 17.0 Å². The number of benzene rings is 1. The highest BCUT2D eigenvalue weighted by atomic mass is 16.6. The first kappa shape index (κ1) is 15.4. The van der Waals surface area contributed by atoms with E-state index in [0.717, 1.165) is 5.56 Å². The van der Waals surface area contributed by atoms with E-state index in [4.69, 9.17) is 10.5 Å². The lowest BCUT2D eigenvalue weighted by atomic mass is 10.1. The molecular formula is C11H15N4O5+. The molecule has 1 aromatic rings. The van der Waals surface area contributed by atoms with Crippen LogP contribution in [0, 0.1) is 10.1 Å². The van der Waals surface area contributed by atoms with Gasteiger partial charge in [0, 0.05) is 18.6 Å². The van der Waals surface area contributed by atoms with Crippen LogP contribution < -0.4 is 16.8 Å². The van der Waals surface area contributed by atoms with E-state index in [1.807, 2.05) is 0 Å². The zero-order chi connectivity index (χ0) is 15.1. The maximum atomic E-state index is 11.0. The first-order valence-corrected chi connectivity index (χ1v) is 5.68. The van der Waals surface area contributed by atoms with Crippen LogP contribution in [0.25, 0.3) is 0 Å². The van der Waals surface area contributed by atoms with E-state index in [0.29, 0.717) is 6.42 Å². The van der Waals surface area contributed by atoms with Gasteiger partial charge in [-0.05, 0) is 5.56 Å². The molecule has 0 fully saturated rings. The molecule has 1 atom stereocenters. The fourth-order valence-electron chi connectivity index (χ4n) is 1.48. The number of quaternary nitrogens is 1. The van der Waals surface area contributed by atoms with Gasteiger partial charge in [0.05, 0.1) is 4.92 Å². The van der Waals surface area contributed by atoms with Crippen molar-refractivity contribution >= 4 is 17.8 Å². The largest absolute Gasteiger partial charge is 0.443 e. The van der Waals surface area contributed by atoms with Gasteiger partial charge in [0.1, 0.15) is 12.6 Å². The molecular weight excluding hydrogens is 268 g/mol. The number of nitrogens with two attached hydrogens (primary N) is 1. The minimum absolute atomic E-state index is 0.00387. The first-order chi connectivity index (χ1) is 9.38. The molecule has 0 saturated carbocycles. The zero-order valence-electron chi connectivity index (χ0n) is 10.6. The van der Waals surface area contributed by atoms with Crippen LogP contribution in [-0.2, 0) is 11.2 Å². The second-order valence-corrected chi connectivity index (χ2v) is 4.08. The normalized spacial score (nSPS) is 11.4. The summed E-state index contributed by atoms with van der Waals surface area (Å²) in [5.74, 6) is 0. The molecule has 0 saturated heterocycles. The number of imide groups is 1. The molecule has 1 unspecified atom stereocenters. The van der Waals surface area contributed by atoms with Crippen molar-refractivity contribution in [3.8, 4) is 0 Å². The molecule has 0 aromatic heterocycles. The molecule has 20 heavy (non-hydrogen) atoms. The van der Waals surface area contributed by atoms with E-state index in [9.17, 15) is 19.7 Å². The number of non-ortho nitro benzene ring substituents is 1. The molecule has 1 aromatic carbocycles. The van der Waals surface area contributed by atoms with E-state index >= 15 is 0 Å². The number of hydrogen-bond donors (Lipinski definition) is 3. The quantitative estimate of drug-likeness (QED) is 0.493. The summed E-state index contributed by atoms with van der Waals surface area (Å²) in [7, 11) is 0. The Morgan fingerprint density at radius 1 is 1.40 bits per heavy atom. The Labute approximate surface area is 114 Å².